The van der Waals surface area contributed by atoms with E-state index in [2.05, 4.69) is 50.2 Å². The molecule has 2 heterocycles. The molecule has 0 fully saturated rings. The minimum absolute atomic E-state index is 0.0482. The number of hydrogen-bond donors (Lipinski definition) is 0. The number of carbonyl (C=O) groups is 1. The molecule has 39 heavy (non-hydrogen) atoms. The fourth-order valence-corrected chi connectivity index (χ4v) is 7.42. The number of rotatable bonds is 8. The molecule has 1 aliphatic rings. The van der Waals surface area contributed by atoms with E-state index < -0.39 is 12.0 Å². The number of hydrogen-bond acceptors (Lipinski definition) is 8. The van der Waals surface area contributed by atoms with E-state index in [9.17, 15) is 9.59 Å². The molecule has 1 aliphatic heterocycles. The first kappa shape index (κ1) is 29.6. The SMILES string of the molecule is CCOC(=O)C1=C(C)N=c2s/c(=C\c3cc(I)c(OC(C)C)c(I)c3)c(=O)n2[C@H]1c1cc(OC)ccc1OC. The smallest absolute Gasteiger partial charge is 0.338 e. The van der Waals surface area contributed by atoms with Gasteiger partial charge in [-0.3, -0.25) is 9.36 Å². The lowest BCUT2D eigenvalue weighted by Crippen LogP contribution is -2.40. The predicted molar refractivity (Wildman–Crippen MR) is 168 cm³/mol. The summed E-state index contributed by atoms with van der Waals surface area (Å²) in [5.74, 6) is 1.37. The lowest BCUT2D eigenvalue weighted by Gasteiger charge is -2.26. The fraction of sp³-hybridized carbons (Fsp3) is 0.321. The van der Waals surface area contributed by atoms with Crippen molar-refractivity contribution in [2.24, 2.45) is 4.99 Å². The molecule has 0 aliphatic carbocycles. The van der Waals surface area contributed by atoms with Crippen molar-refractivity contribution >= 4 is 68.6 Å². The van der Waals surface area contributed by atoms with Crippen molar-refractivity contribution < 1.29 is 23.7 Å². The topological polar surface area (TPSA) is 88.4 Å². The van der Waals surface area contributed by atoms with E-state index >= 15 is 0 Å². The monoisotopic (exact) mass is 774 g/mol. The Morgan fingerprint density at radius 1 is 1.15 bits per heavy atom. The van der Waals surface area contributed by atoms with Crippen LogP contribution in [-0.4, -0.2) is 37.5 Å². The van der Waals surface area contributed by atoms with Gasteiger partial charge in [0.15, 0.2) is 4.80 Å². The number of methoxy groups -OCH3 is 2. The first-order valence-electron chi connectivity index (χ1n) is 12.2. The molecule has 0 amide bonds. The van der Waals surface area contributed by atoms with Gasteiger partial charge in [-0.25, -0.2) is 9.79 Å². The van der Waals surface area contributed by atoms with E-state index in [1.807, 2.05) is 32.1 Å². The molecule has 206 valence electrons. The summed E-state index contributed by atoms with van der Waals surface area (Å²) in [6.45, 7) is 7.66. The molecule has 11 heteroatoms. The Hall–Kier alpha value is -2.39. The van der Waals surface area contributed by atoms with Gasteiger partial charge >= 0.3 is 5.97 Å². The number of halogens is 2. The van der Waals surface area contributed by atoms with Crippen LogP contribution in [-0.2, 0) is 9.53 Å². The van der Waals surface area contributed by atoms with Crippen LogP contribution in [0.25, 0.3) is 6.08 Å². The van der Waals surface area contributed by atoms with Crippen LogP contribution in [0.1, 0.15) is 44.9 Å². The number of thiazole rings is 1. The molecule has 0 saturated heterocycles. The number of carbonyl (C=O) groups excluding carboxylic acids is 1. The highest BCUT2D eigenvalue weighted by molar-refractivity contribution is 14.1. The predicted octanol–water partition coefficient (Wildman–Crippen LogP) is 4.81. The molecular weight excluding hydrogens is 746 g/mol. The van der Waals surface area contributed by atoms with Crippen molar-refractivity contribution in [3.63, 3.8) is 0 Å². The molecule has 0 N–H and O–H groups in total. The third kappa shape index (κ3) is 6.04. The Bertz CT molecular complexity index is 1620. The van der Waals surface area contributed by atoms with Crippen LogP contribution in [0, 0.1) is 7.14 Å². The maximum Gasteiger partial charge on any atom is 0.338 e. The quantitative estimate of drug-likeness (QED) is 0.242. The lowest BCUT2D eigenvalue weighted by atomic mass is 9.94. The molecule has 3 aromatic rings. The van der Waals surface area contributed by atoms with Gasteiger partial charge in [0.1, 0.15) is 23.3 Å². The second kappa shape index (κ2) is 12.4. The molecule has 0 bridgehead atoms. The summed E-state index contributed by atoms with van der Waals surface area (Å²) in [5, 5.41) is 0. The number of ether oxygens (including phenoxy) is 4. The standard InChI is InChI=1S/C28H28I2N2O6S/c1-7-37-27(34)23-15(4)31-28-32(24(23)18-13-17(35-5)8-9-21(18)36-6)26(33)22(39-28)12-16-10-19(29)25(20(30)11-16)38-14(2)3/h8-14,24H,7H2,1-6H3/b22-12-/t24-/m0/s1. The molecule has 8 nitrogen and oxygen atoms in total. The van der Waals surface area contributed by atoms with E-state index in [0.29, 0.717) is 32.1 Å². The Morgan fingerprint density at radius 2 is 1.85 bits per heavy atom. The Labute approximate surface area is 257 Å². The van der Waals surface area contributed by atoms with Gasteiger partial charge in [-0.1, -0.05) is 11.3 Å². The summed E-state index contributed by atoms with van der Waals surface area (Å²) in [5.41, 5.74) is 1.95. The van der Waals surface area contributed by atoms with E-state index in [1.54, 1.807) is 50.8 Å². The van der Waals surface area contributed by atoms with E-state index in [-0.39, 0.29) is 23.8 Å². The third-order valence-corrected chi connectivity index (χ3v) is 8.51. The largest absolute Gasteiger partial charge is 0.497 e. The number of benzene rings is 2. The minimum Gasteiger partial charge on any atom is -0.497 e. The number of esters is 1. The molecule has 1 atom stereocenters. The average molecular weight is 774 g/mol. The molecule has 2 aromatic carbocycles. The number of fused-ring (bicyclic) bond motifs is 1. The molecule has 0 saturated carbocycles. The molecule has 4 rings (SSSR count). The molecule has 0 spiro atoms. The highest BCUT2D eigenvalue weighted by atomic mass is 127. The Balaban J connectivity index is 1.96. The highest BCUT2D eigenvalue weighted by Crippen LogP contribution is 2.38. The zero-order valence-corrected chi connectivity index (χ0v) is 27.5. The zero-order chi connectivity index (χ0) is 28.4. The summed E-state index contributed by atoms with van der Waals surface area (Å²) < 4.78 is 26.4. The van der Waals surface area contributed by atoms with Crippen molar-refractivity contribution in [2.45, 2.75) is 39.8 Å². The van der Waals surface area contributed by atoms with Crippen molar-refractivity contribution in [1.82, 2.24) is 4.57 Å². The zero-order valence-electron chi connectivity index (χ0n) is 22.3. The van der Waals surface area contributed by atoms with E-state index in [1.165, 1.54) is 11.3 Å². The van der Waals surface area contributed by atoms with Gasteiger partial charge in [0.2, 0.25) is 0 Å². The Kier molecular flexibility index (Phi) is 9.42. The maximum absolute atomic E-state index is 14.0. The van der Waals surface area contributed by atoms with Gasteiger partial charge in [0, 0.05) is 5.56 Å². The number of aromatic nitrogens is 1. The van der Waals surface area contributed by atoms with Crippen LogP contribution < -0.4 is 29.1 Å². The van der Waals surface area contributed by atoms with E-state index in [4.69, 9.17) is 18.9 Å². The lowest BCUT2D eigenvalue weighted by molar-refractivity contribution is -0.139. The summed E-state index contributed by atoms with van der Waals surface area (Å²) in [6, 6.07) is 8.45. The van der Waals surface area contributed by atoms with Crippen LogP contribution >= 0.6 is 56.5 Å². The molecule has 0 radical (unpaired) electrons. The van der Waals surface area contributed by atoms with Crippen molar-refractivity contribution in [1.29, 1.82) is 0 Å². The van der Waals surface area contributed by atoms with Crippen LogP contribution in [0.2, 0.25) is 0 Å². The minimum atomic E-state index is -0.811. The van der Waals surface area contributed by atoms with E-state index in [0.717, 1.165) is 18.5 Å². The second-order valence-corrected chi connectivity index (χ2v) is 12.2. The third-order valence-electron chi connectivity index (χ3n) is 5.92. The highest BCUT2D eigenvalue weighted by Gasteiger charge is 2.35. The average Bonchev–Trinajstić information content (AvgIpc) is 3.19. The van der Waals surface area contributed by atoms with Crippen LogP contribution in [0.3, 0.4) is 0 Å². The van der Waals surface area contributed by atoms with Gasteiger partial charge < -0.3 is 18.9 Å². The summed E-state index contributed by atoms with van der Waals surface area (Å²) in [7, 11) is 3.11. The van der Waals surface area contributed by atoms with Crippen LogP contribution in [0.4, 0.5) is 0 Å². The van der Waals surface area contributed by atoms with Crippen molar-refractivity contribution in [3.05, 3.63) is 79.6 Å². The van der Waals surface area contributed by atoms with Crippen molar-refractivity contribution in [3.8, 4) is 17.2 Å². The molecule has 0 unspecified atom stereocenters. The molecular formula is C28H28I2N2O6S. The van der Waals surface area contributed by atoms with Gasteiger partial charge in [-0.15, -0.1) is 0 Å². The van der Waals surface area contributed by atoms with Gasteiger partial charge in [-0.2, -0.15) is 0 Å². The summed E-state index contributed by atoms with van der Waals surface area (Å²) in [4.78, 5) is 32.3. The summed E-state index contributed by atoms with van der Waals surface area (Å²) >= 11 is 5.76. The fourth-order valence-electron chi connectivity index (χ4n) is 4.30. The normalized spacial score (nSPS) is 15.2. The van der Waals surface area contributed by atoms with Gasteiger partial charge in [-0.05, 0) is 115 Å². The van der Waals surface area contributed by atoms with Crippen molar-refractivity contribution in [2.75, 3.05) is 20.8 Å². The van der Waals surface area contributed by atoms with Gasteiger partial charge in [0.05, 0.1) is 49.9 Å². The maximum atomic E-state index is 14.0. The van der Waals surface area contributed by atoms with Gasteiger partial charge in [0.25, 0.3) is 5.56 Å². The van der Waals surface area contributed by atoms with Crippen LogP contribution in [0.15, 0.2) is 51.4 Å². The second-order valence-electron chi connectivity index (χ2n) is 8.89. The number of allylic oxidation sites excluding steroid dienone is 1. The molecule has 1 aromatic heterocycles. The first-order valence-corrected chi connectivity index (χ1v) is 15.1. The Morgan fingerprint density at radius 3 is 2.44 bits per heavy atom. The first-order chi connectivity index (χ1) is 18.6. The van der Waals surface area contributed by atoms with Crippen LogP contribution in [0.5, 0.6) is 17.2 Å². The summed E-state index contributed by atoms with van der Waals surface area (Å²) in [6.07, 6.45) is 1.89. The number of nitrogens with zero attached hydrogens (tertiary/aromatic N) is 2.